The molecule has 2 aliphatic rings. The first kappa shape index (κ1) is 19.1. The number of amides is 1. The number of furan rings is 1. The van der Waals surface area contributed by atoms with Crippen molar-refractivity contribution in [3.63, 3.8) is 0 Å². The summed E-state index contributed by atoms with van der Waals surface area (Å²) in [5.41, 5.74) is 2.43. The number of carbonyl (C=O) groups excluding carboxylic acids is 1. The van der Waals surface area contributed by atoms with Crippen LogP contribution in [0.2, 0.25) is 0 Å². The highest BCUT2D eigenvalue weighted by Gasteiger charge is 2.37. The number of aromatic amines is 1. The molecule has 0 aliphatic heterocycles. The number of anilines is 1. The van der Waals surface area contributed by atoms with Crippen LogP contribution in [-0.2, 0) is 6.54 Å². The van der Waals surface area contributed by atoms with Crippen LogP contribution < -0.4 is 16.2 Å². The number of allylic oxidation sites excluding steroid dienone is 2. The highest BCUT2D eigenvalue weighted by Crippen LogP contribution is 2.46. The predicted octanol–water partition coefficient (Wildman–Crippen LogP) is 3.08. The van der Waals surface area contributed by atoms with Crippen LogP contribution >= 0.6 is 0 Å². The molecule has 0 bridgehead atoms. The van der Waals surface area contributed by atoms with Gasteiger partial charge in [-0.3, -0.25) is 9.59 Å². The maximum atomic E-state index is 12.9. The van der Waals surface area contributed by atoms with Crippen molar-refractivity contribution in [2.24, 2.45) is 11.8 Å². The van der Waals surface area contributed by atoms with E-state index in [1.807, 2.05) is 6.07 Å². The molecule has 2 aliphatic carbocycles. The second kappa shape index (κ2) is 7.43. The number of rotatable bonds is 5. The molecular weight excluding hydrogens is 394 g/mol. The molecule has 31 heavy (non-hydrogen) atoms. The number of pyridine rings is 2. The average Bonchev–Trinajstić information content (AvgIpc) is 3.44. The van der Waals surface area contributed by atoms with Crippen LogP contribution in [-0.4, -0.2) is 21.9 Å². The highest BCUT2D eigenvalue weighted by molar-refractivity contribution is 6.08. The van der Waals surface area contributed by atoms with Crippen molar-refractivity contribution in [1.29, 1.82) is 5.26 Å². The smallest absolute Gasteiger partial charge is 0.256 e. The minimum Gasteiger partial charge on any atom is -0.443 e. The van der Waals surface area contributed by atoms with E-state index >= 15 is 0 Å². The molecule has 0 aromatic carbocycles. The fourth-order valence-electron chi connectivity index (χ4n) is 4.46. The van der Waals surface area contributed by atoms with Crippen molar-refractivity contribution in [2.75, 3.05) is 5.32 Å². The van der Waals surface area contributed by atoms with Gasteiger partial charge in [-0.05, 0) is 30.9 Å². The van der Waals surface area contributed by atoms with E-state index in [-0.39, 0.29) is 23.4 Å². The Hall–Kier alpha value is -3.86. The molecule has 156 valence electrons. The van der Waals surface area contributed by atoms with Crippen LogP contribution in [0.1, 0.15) is 41.6 Å². The molecule has 1 amide bonds. The third kappa shape index (κ3) is 3.70. The standard InChI is InChI=1S/C23H21N5O3/c1-12-5-15(6-13-7-16(12)13)27-20-8-17-19(11-25-20)31-18(9-24)22(17)23(30)26-10-14-3-2-4-21(29)28-14/h2-4,7-8,11-13,15H,5-6,10H2,1H3,(H,25,27)(H,26,30)(H,28,29). The van der Waals surface area contributed by atoms with Crippen molar-refractivity contribution in [3.8, 4) is 6.07 Å². The summed E-state index contributed by atoms with van der Waals surface area (Å²) in [7, 11) is 0. The van der Waals surface area contributed by atoms with E-state index in [0.717, 1.165) is 12.8 Å². The van der Waals surface area contributed by atoms with Gasteiger partial charge < -0.3 is 20.0 Å². The minimum atomic E-state index is -0.449. The van der Waals surface area contributed by atoms with E-state index in [1.165, 1.54) is 12.3 Å². The van der Waals surface area contributed by atoms with E-state index in [0.29, 0.717) is 40.4 Å². The van der Waals surface area contributed by atoms with Crippen LogP contribution in [0.25, 0.3) is 11.0 Å². The first-order valence-electron chi connectivity index (χ1n) is 10.3. The van der Waals surface area contributed by atoms with Crippen LogP contribution in [0, 0.1) is 23.2 Å². The van der Waals surface area contributed by atoms with E-state index in [1.54, 1.807) is 23.8 Å². The van der Waals surface area contributed by atoms with Gasteiger partial charge in [0.05, 0.1) is 12.7 Å². The van der Waals surface area contributed by atoms with Gasteiger partial charge >= 0.3 is 0 Å². The lowest BCUT2D eigenvalue weighted by Gasteiger charge is -2.27. The summed E-state index contributed by atoms with van der Waals surface area (Å²) in [4.78, 5) is 31.4. The molecule has 5 rings (SSSR count). The van der Waals surface area contributed by atoms with Gasteiger partial charge in [0.15, 0.2) is 5.58 Å². The lowest BCUT2D eigenvalue weighted by Crippen LogP contribution is -2.27. The molecule has 8 nitrogen and oxygen atoms in total. The van der Waals surface area contributed by atoms with Crippen molar-refractivity contribution in [1.82, 2.24) is 15.3 Å². The van der Waals surface area contributed by atoms with Crippen molar-refractivity contribution >= 4 is 22.7 Å². The summed E-state index contributed by atoms with van der Waals surface area (Å²) in [6.07, 6.45) is 5.97. The Bertz CT molecular complexity index is 1310. The summed E-state index contributed by atoms with van der Waals surface area (Å²) in [6.45, 7) is 2.37. The number of aromatic nitrogens is 2. The third-order valence-electron chi connectivity index (χ3n) is 5.98. The first-order valence-corrected chi connectivity index (χ1v) is 10.3. The van der Waals surface area contributed by atoms with E-state index in [9.17, 15) is 14.9 Å². The molecule has 1 saturated carbocycles. The van der Waals surface area contributed by atoms with E-state index in [4.69, 9.17) is 4.42 Å². The van der Waals surface area contributed by atoms with Gasteiger partial charge in [0, 0.05) is 29.1 Å². The van der Waals surface area contributed by atoms with Crippen LogP contribution in [0.4, 0.5) is 5.82 Å². The number of H-pyrrole nitrogens is 1. The molecule has 3 aromatic heterocycles. The molecule has 3 N–H and O–H groups in total. The minimum absolute atomic E-state index is 0.0638. The van der Waals surface area contributed by atoms with Gasteiger partial charge in [-0.1, -0.05) is 24.6 Å². The first-order chi connectivity index (χ1) is 15.0. The molecule has 1 fully saturated rings. The number of nitriles is 1. The Morgan fingerprint density at radius 3 is 3.03 bits per heavy atom. The molecular formula is C23H21N5O3. The van der Waals surface area contributed by atoms with E-state index < -0.39 is 5.91 Å². The summed E-state index contributed by atoms with van der Waals surface area (Å²) in [6, 6.07) is 8.74. The molecule has 3 unspecified atom stereocenters. The maximum absolute atomic E-state index is 12.9. The summed E-state index contributed by atoms with van der Waals surface area (Å²) < 4.78 is 5.55. The number of hydrogen-bond acceptors (Lipinski definition) is 6. The predicted molar refractivity (Wildman–Crippen MR) is 114 cm³/mol. The van der Waals surface area contributed by atoms with Crippen molar-refractivity contribution < 1.29 is 9.21 Å². The van der Waals surface area contributed by atoms with Crippen LogP contribution in [0.3, 0.4) is 0 Å². The molecule has 8 heteroatoms. The SMILES string of the molecule is CC1CC(Nc2cc3c(C(=O)NCc4cccc(=O)[nH]4)c(C#N)oc3cn2)CC2C=C12. The zero-order valence-electron chi connectivity index (χ0n) is 16.9. The second-order valence-electron chi connectivity index (χ2n) is 8.19. The molecule has 0 radical (unpaired) electrons. The Morgan fingerprint density at radius 1 is 1.39 bits per heavy atom. The Morgan fingerprint density at radius 2 is 2.26 bits per heavy atom. The normalized spacial score (nSPS) is 21.7. The van der Waals surface area contributed by atoms with Crippen LogP contribution in [0.15, 0.2) is 51.3 Å². The van der Waals surface area contributed by atoms with Crippen molar-refractivity contribution in [3.05, 3.63) is 69.5 Å². The van der Waals surface area contributed by atoms with E-state index in [2.05, 4.69) is 33.6 Å². The molecule has 0 saturated heterocycles. The lowest BCUT2D eigenvalue weighted by atomic mass is 9.87. The fraction of sp³-hybridized carbons (Fsp3) is 0.304. The van der Waals surface area contributed by atoms with Crippen molar-refractivity contribution in [2.45, 2.75) is 32.4 Å². The van der Waals surface area contributed by atoms with Gasteiger partial charge in [0.25, 0.3) is 5.91 Å². The summed E-state index contributed by atoms with van der Waals surface area (Å²) >= 11 is 0. The number of nitrogens with one attached hydrogen (secondary N) is 3. The largest absolute Gasteiger partial charge is 0.443 e. The van der Waals surface area contributed by atoms with Gasteiger partial charge in [0.2, 0.25) is 11.3 Å². The monoisotopic (exact) mass is 415 g/mol. The number of nitrogens with zero attached hydrogens (tertiary/aromatic N) is 2. The topological polar surface area (TPSA) is 124 Å². The second-order valence-corrected chi connectivity index (χ2v) is 8.19. The molecule has 3 atom stereocenters. The number of carbonyl (C=O) groups is 1. The Kier molecular flexibility index (Phi) is 4.59. The van der Waals surface area contributed by atoms with Gasteiger partial charge in [-0.25, -0.2) is 4.98 Å². The average molecular weight is 415 g/mol. The zero-order chi connectivity index (χ0) is 21.5. The maximum Gasteiger partial charge on any atom is 0.256 e. The third-order valence-corrected chi connectivity index (χ3v) is 5.98. The highest BCUT2D eigenvalue weighted by atomic mass is 16.3. The Balaban J connectivity index is 1.38. The van der Waals surface area contributed by atoms with Gasteiger partial charge in [-0.15, -0.1) is 0 Å². The summed E-state index contributed by atoms with van der Waals surface area (Å²) in [5, 5.41) is 16.2. The molecule has 3 aromatic rings. The number of hydrogen-bond donors (Lipinski definition) is 3. The molecule has 0 spiro atoms. The van der Waals surface area contributed by atoms with Crippen LogP contribution in [0.5, 0.6) is 0 Å². The number of fused-ring (bicyclic) bond motifs is 2. The molecule has 3 heterocycles. The van der Waals surface area contributed by atoms with Gasteiger partial charge in [0.1, 0.15) is 17.5 Å². The zero-order valence-corrected chi connectivity index (χ0v) is 16.9. The quantitative estimate of drug-likeness (QED) is 0.550. The fourth-order valence-corrected chi connectivity index (χ4v) is 4.46. The Labute approximate surface area is 178 Å². The summed E-state index contributed by atoms with van der Waals surface area (Å²) in [5.74, 6) is 1.32. The van der Waals surface area contributed by atoms with Gasteiger partial charge in [-0.2, -0.15) is 5.26 Å². The lowest BCUT2D eigenvalue weighted by molar-refractivity contribution is 0.0951.